The van der Waals surface area contributed by atoms with Gasteiger partial charge in [0.2, 0.25) is 0 Å². The minimum absolute atomic E-state index is 0.00461. The van der Waals surface area contributed by atoms with E-state index in [1.807, 2.05) is 37.4 Å². The maximum Gasteiger partial charge on any atom is 0.259 e. The summed E-state index contributed by atoms with van der Waals surface area (Å²) in [5.41, 5.74) is 5.10. The highest BCUT2D eigenvalue weighted by atomic mass is 32.1. The number of anilines is 3. The first kappa shape index (κ1) is 22.4. The average Bonchev–Trinajstić information content (AvgIpc) is 3.50. The van der Waals surface area contributed by atoms with Crippen LogP contribution in [0.15, 0.2) is 53.2 Å². The number of fused-ring (bicyclic) bond motifs is 1. The number of para-hydroxylation sites is 1. The summed E-state index contributed by atoms with van der Waals surface area (Å²) in [6.45, 7) is 8.34. The van der Waals surface area contributed by atoms with Crippen molar-refractivity contribution in [3.63, 3.8) is 0 Å². The quantitative estimate of drug-likeness (QED) is 0.637. The molecule has 0 bridgehead atoms. The molecule has 0 radical (unpaired) electrons. The van der Waals surface area contributed by atoms with Crippen LogP contribution in [-0.2, 0) is 0 Å². The largest absolute Gasteiger partial charge is 0.369 e. The molecule has 5 rings (SSSR count). The van der Waals surface area contributed by atoms with Crippen LogP contribution in [0.3, 0.4) is 0 Å². The molecule has 0 saturated carbocycles. The Morgan fingerprint density at radius 2 is 2.00 bits per heavy atom. The minimum Gasteiger partial charge on any atom is -0.369 e. The lowest BCUT2D eigenvalue weighted by molar-refractivity contribution is 0.102. The van der Waals surface area contributed by atoms with Crippen molar-refractivity contribution in [2.75, 3.05) is 49.2 Å². The topological polar surface area (TPSA) is 72.5 Å². The number of amides is 1. The lowest BCUT2D eigenvalue weighted by Crippen LogP contribution is -2.44. The smallest absolute Gasteiger partial charge is 0.259 e. The zero-order chi connectivity index (χ0) is 22.5. The maximum atomic E-state index is 12.8. The number of piperazine rings is 1. The van der Waals surface area contributed by atoms with E-state index < -0.39 is 0 Å². The first-order valence-corrected chi connectivity index (χ1v) is 12.3. The van der Waals surface area contributed by atoms with Gasteiger partial charge < -0.3 is 20.4 Å². The van der Waals surface area contributed by atoms with E-state index in [9.17, 15) is 4.79 Å². The standard InChI is InChI=1S/C22H26N6OS.C2H6/c1-27-9-11-28(12-10-27)16-5-2-4-15(14-16)20-24-18-7-3-6-17(19(18)25-20)21(29)26-22-23-8-13-30-22;1-2/h3,5-8,13-14,20,24-25H,2,4,9-12H2,1H3,(H,23,26,29);1-2H3. The molecule has 3 N–H and O–H groups in total. The second-order valence-electron chi connectivity index (χ2n) is 7.92. The van der Waals surface area contributed by atoms with Crippen molar-refractivity contribution in [1.29, 1.82) is 0 Å². The molecule has 1 saturated heterocycles. The SMILES string of the molecule is CC.CN1CCN(C2=CCCC(C3Nc4cccc(C(=O)Nc5nccs5)c4N3)=C2)CC1. The number of thiazole rings is 1. The van der Waals surface area contributed by atoms with E-state index in [0.29, 0.717) is 10.7 Å². The molecule has 32 heavy (non-hydrogen) atoms. The fraction of sp³-hybridized carbons (Fsp3) is 0.417. The second kappa shape index (κ2) is 10.2. The molecular formula is C24H32N6OS. The number of likely N-dealkylation sites (N-methyl/N-ethyl adjacent to an activating group) is 1. The van der Waals surface area contributed by atoms with Crippen LogP contribution in [0.5, 0.6) is 0 Å². The number of allylic oxidation sites excluding steroid dienone is 2. The third kappa shape index (κ3) is 4.81. The molecule has 2 aromatic rings. The zero-order valence-electron chi connectivity index (χ0n) is 19.0. The van der Waals surface area contributed by atoms with E-state index in [2.05, 4.69) is 49.9 Å². The number of benzene rings is 1. The van der Waals surface area contributed by atoms with Gasteiger partial charge in [-0.25, -0.2) is 4.98 Å². The lowest BCUT2D eigenvalue weighted by Gasteiger charge is -2.36. The van der Waals surface area contributed by atoms with Crippen LogP contribution in [-0.4, -0.2) is 60.1 Å². The molecular weight excluding hydrogens is 420 g/mol. The van der Waals surface area contributed by atoms with Crippen LogP contribution in [0.2, 0.25) is 0 Å². The molecule has 1 aromatic heterocycles. The summed E-state index contributed by atoms with van der Waals surface area (Å²) in [7, 11) is 2.18. The minimum atomic E-state index is -0.146. The Balaban J connectivity index is 0.00000119. The summed E-state index contributed by atoms with van der Waals surface area (Å²) in [6, 6.07) is 5.78. The van der Waals surface area contributed by atoms with E-state index in [-0.39, 0.29) is 12.1 Å². The van der Waals surface area contributed by atoms with Crippen molar-refractivity contribution in [3.8, 4) is 0 Å². The summed E-state index contributed by atoms with van der Waals surface area (Å²) in [6.07, 6.45) is 8.42. The number of nitrogens with zero attached hydrogens (tertiary/aromatic N) is 3. The van der Waals surface area contributed by atoms with Crippen molar-refractivity contribution in [1.82, 2.24) is 14.8 Å². The van der Waals surface area contributed by atoms with Crippen LogP contribution < -0.4 is 16.0 Å². The van der Waals surface area contributed by atoms with E-state index in [0.717, 1.165) is 50.4 Å². The Labute approximate surface area is 194 Å². The van der Waals surface area contributed by atoms with Gasteiger partial charge in [0.25, 0.3) is 5.91 Å². The van der Waals surface area contributed by atoms with Crippen LogP contribution >= 0.6 is 11.3 Å². The Morgan fingerprint density at radius 3 is 2.75 bits per heavy atom. The Hall–Kier alpha value is -2.84. The van der Waals surface area contributed by atoms with Gasteiger partial charge in [0.1, 0.15) is 6.17 Å². The van der Waals surface area contributed by atoms with Crippen molar-refractivity contribution in [2.45, 2.75) is 32.9 Å². The van der Waals surface area contributed by atoms with E-state index in [1.165, 1.54) is 22.6 Å². The van der Waals surface area contributed by atoms with Gasteiger partial charge in [0.15, 0.2) is 5.13 Å². The van der Waals surface area contributed by atoms with Gasteiger partial charge >= 0.3 is 0 Å². The normalized spacial score (nSPS) is 20.1. The van der Waals surface area contributed by atoms with Gasteiger partial charge in [-0.1, -0.05) is 26.0 Å². The summed E-state index contributed by atoms with van der Waals surface area (Å²) < 4.78 is 0. The van der Waals surface area contributed by atoms with E-state index in [4.69, 9.17) is 0 Å². The molecule has 2 aliphatic heterocycles. The average molecular weight is 453 g/mol. The Bertz CT molecular complexity index is 992. The molecule has 3 heterocycles. The highest BCUT2D eigenvalue weighted by molar-refractivity contribution is 7.13. The predicted molar refractivity (Wildman–Crippen MR) is 133 cm³/mol. The van der Waals surface area contributed by atoms with Gasteiger partial charge in [-0.15, -0.1) is 11.3 Å². The van der Waals surface area contributed by atoms with E-state index in [1.54, 1.807) is 6.20 Å². The Morgan fingerprint density at radius 1 is 1.19 bits per heavy atom. The van der Waals surface area contributed by atoms with Gasteiger partial charge in [0.05, 0.1) is 16.9 Å². The first-order valence-electron chi connectivity index (χ1n) is 11.4. The molecule has 1 amide bonds. The van der Waals surface area contributed by atoms with Crippen LogP contribution in [0.1, 0.15) is 37.0 Å². The van der Waals surface area contributed by atoms with E-state index >= 15 is 0 Å². The molecule has 1 aliphatic carbocycles. The predicted octanol–water partition coefficient (Wildman–Crippen LogP) is 4.44. The third-order valence-electron chi connectivity index (χ3n) is 5.91. The maximum absolute atomic E-state index is 12.8. The number of nitrogens with one attached hydrogen (secondary N) is 3. The molecule has 1 unspecified atom stereocenters. The van der Waals surface area contributed by atoms with Crippen LogP contribution in [0.25, 0.3) is 0 Å². The number of hydrogen-bond acceptors (Lipinski definition) is 7. The Kier molecular flexibility index (Phi) is 7.12. The zero-order valence-corrected chi connectivity index (χ0v) is 19.8. The molecule has 1 fully saturated rings. The monoisotopic (exact) mass is 452 g/mol. The van der Waals surface area contributed by atoms with Crippen molar-refractivity contribution < 1.29 is 4.79 Å². The fourth-order valence-corrected chi connectivity index (χ4v) is 4.73. The number of aromatic nitrogens is 1. The van der Waals surface area contributed by atoms with Gasteiger partial charge in [0, 0.05) is 43.5 Å². The number of hydrogen-bond donors (Lipinski definition) is 3. The lowest BCUT2D eigenvalue weighted by atomic mass is 9.99. The fourth-order valence-electron chi connectivity index (χ4n) is 4.21. The summed E-state index contributed by atoms with van der Waals surface area (Å²) in [5.74, 6) is -0.146. The van der Waals surface area contributed by atoms with Gasteiger partial charge in [-0.3, -0.25) is 10.1 Å². The number of carbonyl (C=O) groups is 1. The summed E-state index contributed by atoms with van der Waals surface area (Å²) >= 11 is 1.41. The molecule has 0 spiro atoms. The molecule has 8 heteroatoms. The summed E-state index contributed by atoms with van der Waals surface area (Å²) in [5, 5.41) is 12.5. The first-order chi connectivity index (χ1) is 15.7. The molecule has 1 aromatic carbocycles. The third-order valence-corrected chi connectivity index (χ3v) is 6.60. The summed E-state index contributed by atoms with van der Waals surface area (Å²) in [4.78, 5) is 21.8. The molecule has 170 valence electrons. The van der Waals surface area contributed by atoms with Crippen LogP contribution in [0.4, 0.5) is 16.5 Å². The second-order valence-corrected chi connectivity index (χ2v) is 8.81. The van der Waals surface area contributed by atoms with Crippen molar-refractivity contribution in [3.05, 3.63) is 58.8 Å². The number of rotatable bonds is 4. The van der Waals surface area contributed by atoms with Crippen molar-refractivity contribution >= 4 is 33.8 Å². The van der Waals surface area contributed by atoms with Crippen LogP contribution in [0, 0.1) is 0 Å². The molecule has 1 atom stereocenters. The molecule has 7 nitrogen and oxygen atoms in total. The number of carbonyl (C=O) groups excluding carboxylic acids is 1. The highest BCUT2D eigenvalue weighted by Gasteiger charge is 2.28. The molecule has 3 aliphatic rings. The van der Waals surface area contributed by atoms with Gasteiger partial charge in [-0.05, 0) is 43.7 Å². The van der Waals surface area contributed by atoms with Crippen molar-refractivity contribution in [2.24, 2.45) is 0 Å². The van der Waals surface area contributed by atoms with Gasteiger partial charge in [-0.2, -0.15) is 0 Å². The highest BCUT2D eigenvalue weighted by Crippen LogP contribution is 2.37.